The highest BCUT2D eigenvalue weighted by Gasteiger charge is 2.40. The highest BCUT2D eigenvalue weighted by molar-refractivity contribution is 7.98. The first-order valence-electron chi connectivity index (χ1n) is 12.8. The number of hydrogen-bond donors (Lipinski definition) is 1. The number of benzene rings is 1. The standard InChI is InChI=1S/C27H41NO9SSi/c1-16-21(33-6)12-22(37-39(8,9)27(3,4)5)19-14-38-15-20(25(31)34-7)28-23(30)11-10-18(13-35-17(2)29)36-26(32)24(16)19/h12,18,20H,10-11,13-15H2,1-9H3,(H,28,30)/t18-,20-/m0/s1. The summed E-state index contributed by atoms with van der Waals surface area (Å²) in [6, 6.07) is 0.903. The maximum absolute atomic E-state index is 13.7. The Balaban J connectivity index is 2.67. The van der Waals surface area contributed by atoms with Crippen LogP contribution in [0.5, 0.6) is 11.5 Å². The molecular formula is C27H41NO9SSi. The number of esters is 3. The van der Waals surface area contributed by atoms with Crippen LogP contribution in [0, 0.1) is 6.92 Å². The van der Waals surface area contributed by atoms with E-state index in [-0.39, 0.29) is 41.6 Å². The fraction of sp³-hybridized carbons (Fsp3) is 0.630. The summed E-state index contributed by atoms with van der Waals surface area (Å²) in [6.07, 6.45) is -0.862. The Morgan fingerprint density at radius 2 is 1.85 bits per heavy atom. The van der Waals surface area contributed by atoms with Crippen molar-refractivity contribution in [2.75, 3.05) is 26.6 Å². The number of ether oxygens (including phenoxy) is 4. The van der Waals surface area contributed by atoms with Crippen molar-refractivity contribution in [2.24, 2.45) is 0 Å². The SMILES string of the molecule is COC(=O)[C@@H]1CSCc2c(O[Si](C)(C)C(C)(C)C)cc(OC)c(C)c2C(=O)O[C@H](COC(C)=O)CCC(=O)N1. The quantitative estimate of drug-likeness (QED) is 0.296. The van der Waals surface area contributed by atoms with Gasteiger partial charge in [-0.1, -0.05) is 20.8 Å². The molecule has 0 bridgehead atoms. The Morgan fingerprint density at radius 1 is 1.18 bits per heavy atom. The van der Waals surface area contributed by atoms with Crippen LogP contribution in [0.3, 0.4) is 0 Å². The van der Waals surface area contributed by atoms with Gasteiger partial charge in [-0.2, -0.15) is 11.8 Å². The molecule has 2 atom stereocenters. The molecular weight excluding hydrogens is 542 g/mol. The summed E-state index contributed by atoms with van der Waals surface area (Å²) in [5.74, 6) is -0.675. The Bertz CT molecular complexity index is 1080. The van der Waals surface area contributed by atoms with Gasteiger partial charge in [-0.25, -0.2) is 9.59 Å². The highest BCUT2D eigenvalue weighted by Crippen LogP contribution is 2.42. The first-order chi connectivity index (χ1) is 18.1. The average Bonchev–Trinajstić information content (AvgIpc) is 2.85. The summed E-state index contributed by atoms with van der Waals surface area (Å²) in [4.78, 5) is 50.2. The largest absolute Gasteiger partial charge is 0.543 e. The summed E-state index contributed by atoms with van der Waals surface area (Å²) >= 11 is 1.36. The second-order valence-corrected chi connectivity index (χ2v) is 16.7. The summed E-state index contributed by atoms with van der Waals surface area (Å²) in [6.45, 7) is 13.4. The van der Waals surface area contributed by atoms with Gasteiger partial charge in [0.25, 0.3) is 0 Å². The number of methoxy groups -OCH3 is 2. The fourth-order valence-corrected chi connectivity index (χ4v) is 5.78. The van der Waals surface area contributed by atoms with E-state index in [0.717, 1.165) is 0 Å². The molecule has 1 aromatic carbocycles. The Hall–Kier alpha value is -2.73. The van der Waals surface area contributed by atoms with Gasteiger partial charge in [0.15, 0.2) is 0 Å². The molecule has 1 aromatic rings. The second-order valence-electron chi connectivity index (χ2n) is 10.9. The van der Waals surface area contributed by atoms with Gasteiger partial charge in [-0.05, 0) is 31.5 Å². The lowest BCUT2D eigenvalue weighted by Gasteiger charge is -2.37. The normalized spacial score (nSPS) is 19.2. The molecule has 218 valence electrons. The van der Waals surface area contributed by atoms with Gasteiger partial charge < -0.3 is 28.7 Å². The third-order valence-electron chi connectivity index (χ3n) is 6.99. The van der Waals surface area contributed by atoms with Crippen LogP contribution in [0.4, 0.5) is 0 Å². The van der Waals surface area contributed by atoms with E-state index in [0.29, 0.717) is 22.6 Å². The number of thioether (sulfide) groups is 1. The van der Waals surface area contributed by atoms with Gasteiger partial charge >= 0.3 is 17.9 Å². The van der Waals surface area contributed by atoms with Crippen molar-refractivity contribution < 1.29 is 42.6 Å². The molecule has 10 nitrogen and oxygen atoms in total. The molecule has 0 fully saturated rings. The first kappa shape index (κ1) is 32.5. The van der Waals surface area contributed by atoms with Crippen LogP contribution in [0.15, 0.2) is 6.07 Å². The number of hydrogen-bond acceptors (Lipinski definition) is 10. The summed E-state index contributed by atoms with van der Waals surface area (Å²) < 4.78 is 28.1. The molecule has 1 heterocycles. The minimum atomic E-state index is -2.35. The van der Waals surface area contributed by atoms with Crippen molar-refractivity contribution in [3.8, 4) is 11.5 Å². The van der Waals surface area contributed by atoms with Crippen LogP contribution in [-0.4, -0.2) is 70.9 Å². The summed E-state index contributed by atoms with van der Waals surface area (Å²) in [5.41, 5.74) is 1.46. The van der Waals surface area contributed by atoms with E-state index in [4.69, 9.17) is 23.4 Å². The van der Waals surface area contributed by atoms with Crippen LogP contribution in [0.25, 0.3) is 0 Å². The van der Waals surface area contributed by atoms with Crippen molar-refractivity contribution in [3.05, 3.63) is 22.8 Å². The molecule has 1 aliphatic rings. The van der Waals surface area contributed by atoms with Gasteiger partial charge in [0.1, 0.15) is 30.3 Å². The molecule has 1 N–H and O–H groups in total. The zero-order valence-corrected chi connectivity index (χ0v) is 26.2. The number of nitrogens with one attached hydrogen (secondary N) is 1. The predicted molar refractivity (Wildman–Crippen MR) is 151 cm³/mol. The number of fused-ring (bicyclic) bond motifs is 1. The molecule has 12 heteroatoms. The van der Waals surface area contributed by atoms with Crippen molar-refractivity contribution >= 4 is 43.9 Å². The lowest BCUT2D eigenvalue weighted by atomic mass is 10.0. The van der Waals surface area contributed by atoms with E-state index in [1.54, 1.807) is 13.0 Å². The Labute approximate surface area is 235 Å². The van der Waals surface area contributed by atoms with Crippen LogP contribution in [-0.2, 0) is 34.3 Å². The minimum absolute atomic E-state index is 0.0545. The molecule has 0 unspecified atom stereocenters. The zero-order chi connectivity index (χ0) is 29.5. The Morgan fingerprint density at radius 3 is 2.41 bits per heavy atom. The van der Waals surface area contributed by atoms with Crippen molar-refractivity contribution in [3.63, 3.8) is 0 Å². The second kappa shape index (κ2) is 13.6. The fourth-order valence-electron chi connectivity index (χ4n) is 3.68. The minimum Gasteiger partial charge on any atom is -0.543 e. The number of cyclic esters (lactones) is 1. The third kappa shape index (κ3) is 8.63. The van der Waals surface area contributed by atoms with Gasteiger partial charge in [0.2, 0.25) is 14.2 Å². The topological polar surface area (TPSA) is 126 Å². The predicted octanol–water partition coefficient (Wildman–Crippen LogP) is 4.16. The monoisotopic (exact) mass is 583 g/mol. The van der Waals surface area contributed by atoms with E-state index in [1.807, 2.05) is 0 Å². The summed E-state index contributed by atoms with van der Waals surface area (Å²) in [5, 5.41) is 2.58. The molecule has 0 aliphatic carbocycles. The summed E-state index contributed by atoms with van der Waals surface area (Å²) in [7, 11) is 0.434. The highest BCUT2D eigenvalue weighted by atomic mass is 32.2. The number of rotatable bonds is 6. The molecule has 2 rings (SSSR count). The molecule has 0 radical (unpaired) electrons. The van der Waals surface area contributed by atoms with E-state index >= 15 is 0 Å². The first-order valence-corrected chi connectivity index (χ1v) is 16.9. The van der Waals surface area contributed by atoms with Crippen molar-refractivity contribution in [1.29, 1.82) is 0 Å². The van der Waals surface area contributed by atoms with Crippen LogP contribution in [0.1, 0.15) is 62.0 Å². The molecule has 0 spiro atoms. The average molecular weight is 584 g/mol. The molecule has 0 aromatic heterocycles. The maximum Gasteiger partial charge on any atom is 0.339 e. The smallest absolute Gasteiger partial charge is 0.339 e. The Kier molecular flexibility index (Phi) is 11.3. The molecule has 1 aliphatic heterocycles. The third-order valence-corrected chi connectivity index (χ3v) is 12.4. The van der Waals surface area contributed by atoms with Crippen molar-refractivity contribution in [1.82, 2.24) is 5.32 Å². The van der Waals surface area contributed by atoms with E-state index in [2.05, 4.69) is 39.2 Å². The van der Waals surface area contributed by atoms with Crippen LogP contribution < -0.4 is 14.5 Å². The van der Waals surface area contributed by atoms with Gasteiger partial charge in [-0.3, -0.25) is 9.59 Å². The van der Waals surface area contributed by atoms with E-state index < -0.39 is 44.3 Å². The number of carbonyl (C=O) groups excluding carboxylic acids is 4. The van der Waals surface area contributed by atoms with E-state index in [9.17, 15) is 19.2 Å². The van der Waals surface area contributed by atoms with Gasteiger partial charge in [0.05, 0.1) is 19.8 Å². The van der Waals surface area contributed by atoms with E-state index in [1.165, 1.54) is 32.9 Å². The van der Waals surface area contributed by atoms with Gasteiger partial charge in [0, 0.05) is 42.0 Å². The van der Waals surface area contributed by atoms with Crippen LogP contribution in [0.2, 0.25) is 18.1 Å². The maximum atomic E-state index is 13.7. The molecule has 1 amide bonds. The van der Waals surface area contributed by atoms with Gasteiger partial charge in [-0.15, -0.1) is 0 Å². The van der Waals surface area contributed by atoms with Crippen LogP contribution >= 0.6 is 11.8 Å². The van der Waals surface area contributed by atoms with Crippen molar-refractivity contribution in [2.45, 2.75) is 83.5 Å². The lowest BCUT2D eigenvalue weighted by Crippen LogP contribution is -2.44. The molecule has 0 saturated heterocycles. The molecule has 0 saturated carbocycles. The zero-order valence-electron chi connectivity index (χ0n) is 24.4. The molecule has 39 heavy (non-hydrogen) atoms. The number of amides is 1. The lowest BCUT2D eigenvalue weighted by molar-refractivity contribution is -0.145. The number of carbonyl (C=O) groups is 4.